The molecule has 5 heteroatoms. The third kappa shape index (κ3) is 5.65. The van der Waals surface area contributed by atoms with Crippen molar-refractivity contribution < 1.29 is 4.79 Å². The zero-order chi connectivity index (χ0) is 32.3. The van der Waals surface area contributed by atoms with E-state index in [1.807, 2.05) is 146 Å². The Bertz CT molecular complexity index is 2140. The topological polar surface area (TPSA) is 74.4 Å². The Labute approximate surface area is 278 Å². The second-order valence-electron chi connectivity index (χ2n) is 11.6. The van der Waals surface area contributed by atoms with Crippen LogP contribution in [-0.2, 0) is 0 Å². The second kappa shape index (κ2) is 12.7. The second-order valence-corrected chi connectivity index (χ2v) is 11.6. The molecule has 0 aliphatic carbocycles. The maximum atomic E-state index is 13.7. The van der Waals surface area contributed by atoms with Gasteiger partial charge < -0.3 is 9.97 Å². The summed E-state index contributed by atoms with van der Waals surface area (Å²) in [5, 5.41) is 0. The molecule has 0 amide bonds. The first-order valence-corrected chi connectivity index (χ1v) is 15.9. The molecule has 2 aromatic heterocycles. The Morgan fingerprint density at radius 2 is 0.667 bits per heavy atom. The monoisotopic (exact) mass is 618 g/mol. The molecule has 0 aliphatic rings. The predicted molar refractivity (Wildman–Crippen MR) is 193 cm³/mol. The molecule has 0 aliphatic heterocycles. The molecule has 8 rings (SSSR count). The molecule has 2 N–H and O–H groups in total. The Morgan fingerprint density at radius 3 is 1.00 bits per heavy atom. The highest BCUT2D eigenvalue weighted by Gasteiger charge is 2.18. The van der Waals surface area contributed by atoms with Crippen LogP contribution in [0.1, 0.15) is 15.9 Å². The molecule has 5 nitrogen and oxygen atoms in total. The minimum absolute atomic E-state index is 0.0381. The fraction of sp³-hybridized carbons (Fsp3) is 0. The summed E-state index contributed by atoms with van der Waals surface area (Å²) >= 11 is 0. The standard InChI is InChI=1S/C43H30N4O/c48-41(33-25-21-31(22-26-33)39-37(29-13-5-1-6-14-29)44-42(46-39)35-17-9-3-10-18-35)34-27-23-32(24-28-34)40-38(30-15-7-2-8-16-30)45-43(47-40)36-19-11-4-12-20-36/h1-28H,(H,44,46)(H,45,47). The van der Waals surface area contributed by atoms with E-state index in [4.69, 9.17) is 9.97 Å². The summed E-state index contributed by atoms with van der Waals surface area (Å²) in [7, 11) is 0. The molecule has 0 saturated heterocycles. The van der Waals surface area contributed by atoms with E-state index in [1.54, 1.807) is 0 Å². The fourth-order valence-corrected chi connectivity index (χ4v) is 5.98. The van der Waals surface area contributed by atoms with Crippen molar-refractivity contribution in [2.45, 2.75) is 0 Å². The minimum Gasteiger partial charge on any atom is -0.337 e. The third-order valence-corrected chi connectivity index (χ3v) is 8.47. The van der Waals surface area contributed by atoms with Crippen molar-refractivity contribution in [3.63, 3.8) is 0 Å². The quantitative estimate of drug-likeness (QED) is 0.166. The molecule has 0 unspecified atom stereocenters. The molecule has 0 spiro atoms. The molecule has 6 aromatic carbocycles. The van der Waals surface area contributed by atoms with Crippen molar-refractivity contribution >= 4 is 5.78 Å². The number of H-pyrrole nitrogens is 2. The van der Waals surface area contributed by atoms with Gasteiger partial charge in [-0.1, -0.05) is 170 Å². The maximum Gasteiger partial charge on any atom is 0.193 e. The van der Waals surface area contributed by atoms with Crippen LogP contribution in [0.5, 0.6) is 0 Å². The lowest BCUT2D eigenvalue weighted by molar-refractivity contribution is 0.103. The van der Waals surface area contributed by atoms with Gasteiger partial charge in [-0.05, 0) is 0 Å². The summed E-state index contributed by atoms with van der Waals surface area (Å²) in [6.07, 6.45) is 0. The van der Waals surface area contributed by atoms with Gasteiger partial charge in [-0.3, -0.25) is 4.79 Å². The summed E-state index contributed by atoms with van der Waals surface area (Å²) in [5.74, 6) is 1.56. The molecular formula is C43H30N4O. The van der Waals surface area contributed by atoms with Crippen LogP contribution in [0.25, 0.3) is 67.8 Å². The number of benzene rings is 6. The normalized spacial score (nSPS) is 11.0. The average molecular weight is 619 g/mol. The number of carbonyl (C=O) groups excluding carboxylic acids is 1. The highest BCUT2D eigenvalue weighted by atomic mass is 16.1. The number of hydrogen-bond acceptors (Lipinski definition) is 3. The summed E-state index contributed by atoms with van der Waals surface area (Å²) in [6, 6.07) is 56.0. The molecule has 0 radical (unpaired) electrons. The smallest absolute Gasteiger partial charge is 0.193 e. The summed E-state index contributed by atoms with van der Waals surface area (Å²) in [6.45, 7) is 0. The van der Waals surface area contributed by atoms with Gasteiger partial charge in [-0.2, -0.15) is 0 Å². The van der Waals surface area contributed by atoms with Gasteiger partial charge in [0.15, 0.2) is 5.78 Å². The van der Waals surface area contributed by atoms with Crippen molar-refractivity contribution in [3.05, 3.63) is 181 Å². The van der Waals surface area contributed by atoms with Gasteiger partial charge in [-0.15, -0.1) is 0 Å². The van der Waals surface area contributed by atoms with E-state index in [2.05, 4.69) is 34.2 Å². The maximum absolute atomic E-state index is 13.7. The van der Waals surface area contributed by atoms with Crippen molar-refractivity contribution in [1.82, 2.24) is 19.9 Å². The molecule has 0 fully saturated rings. The van der Waals surface area contributed by atoms with Crippen LogP contribution in [0.2, 0.25) is 0 Å². The van der Waals surface area contributed by atoms with Crippen molar-refractivity contribution in [1.29, 1.82) is 0 Å². The molecule has 0 saturated carbocycles. The number of imidazole rings is 2. The Hall–Kier alpha value is -6.59. The first kappa shape index (κ1) is 28.9. The Kier molecular flexibility index (Phi) is 7.61. The van der Waals surface area contributed by atoms with Crippen LogP contribution < -0.4 is 0 Å². The van der Waals surface area contributed by atoms with Gasteiger partial charge in [0.1, 0.15) is 11.6 Å². The van der Waals surface area contributed by atoms with E-state index in [-0.39, 0.29) is 5.78 Å². The Morgan fingerprint density at radius 1 is 0.354 bits per heavy atom. The predicted octanol–water partition coefficient (Wildman–Crippen LogP) is 10.4. The van der Waals surface area contributed by atoms with Crippen LogP contribution in [0.15, 0.2) is 170 Å². The number of ketones is 1. The molecule has 8 aromatic rings. The first-order valence-electron chi connectivity index (χ1n) is 15.9. The number of nitrogens with one attached hydrogen (secondary N) is 2. The lowest BCUT2D eigenvalue weighted by Gasteiger charge is -2.07. The van der Waals surface area contributed by atoms with Crippen LogP contribution in [0.4, 0.5) is 0 Å². The van der Waals surface area contributed by atoms with Crippen molar-refractivity contribution in [2.75, 3.05) is 0 Å². The number of aromatic amines is 2. The number of hydrogen-bond donors (Lipinski definition) is 2. The zero-order valence-electron chi connectivity index (χ0n) is 26.0. The van der Waals surface area contributed by atoms with E-state index in [9.17, 15) is 4.79 Å². The van der Waals surface area contributed by atoms with Crippen LogP contribution >= 0.6 is 0 Å². The fourth-order valence-electron chi connectivity index (χ4n) is 5.98. The minimum atomic E-state index is -0.0381. The summed E-state index contributed by atoms with van der Waals surface area (Å²) in [4.78, 5) is 30.7. The zero-order valence-corrected chi connectivity index (χ0v) is 26.0. The van der Waals surface area contributed by atoms with E-state index in [0.29, 0.717) is 11.1 Å². The van der Waals surface area contributed by atoms with E-state index < -0.39 is 0 Å². The molecule has 48 heavy (non-hydrogen) atoms. The molecule has 2 heterocycles. The summed E-state index contributed by atoms with van der Waals surface area (Å²) < 4.78 is 0. The van der Waals surface area contributed by atoms with Crippen molar-refractivity contribution in [2.24, 2.45) is 0 Å². The van der Waals surface area contributed by atoms with Crippen LogP contribution in [0, 0.1) is 0 Å². The van der Waals surface area contributed by atoms with E-state index in [1.165, 1.54) is 0 Å². The lowest BCUT2D eigenvalue weighted by Crippen LogP contribution is -2.01. The van der Waals surface area contributed by atoms with Crippen LogP contribution in [-0.4, -0.2) is 25.7 Å². The summed E-state index contributed by atoms with van der Waals surface area (Å²) in [5.41, 5.74) is 10.8. The third-order valence-electron chi connectivity index (χ3n) is 8.47. The van der Waals surface area contributed by atoms with E-state index >= 15 is 0 Å². The van der Waals surface area contributed by atoms with Gasteiger partial charge in [0, 0.05) is 44.5 Å². The molecule has 0 bridgehead atoms. The molecule has 228 valence electrons. The van der Waals surface area contributed by atoms with Gasteiger partial charge in [0.2, 0.25) is 0 Å². The van der Waals surface area contributed by atoms with E-state index in [0.717, 1.165) is 67.8 Å². The highest BCUT2D eigenvalue weighted by Crippen LogP contribution is 2.35. The Balaban J connectivity index is 1.09. The largest absolute Gasteiger partial charge is 0.337 e. The molecular weight excluding hydrogens is 589 g/mol. The molecule has 0 atom stereocenters. The van der Waals surface area contributed by atoms with Gasteiger partial charge in [0.05, 0.1) is 22.8 Å². The van der Waals surface area contributed by atoms with Gasteiger partial charge in [0.25, 0.3) is 0 Å². The SMILES string of the molecule is O=C(c1ccc(-c2[nH]c(-c3ccccc3)nc2-c2ccccc2)cc1)c1ccc(-c2[nH]c(-c3ccccc3)nc2-c2ccccc2)cc1. The van der Waals surface area contributed by atoms with Crippen LogP contribution in [0.3, 0.4) is 0 Å². The number of nitrogens with zero attached hydrogens (tertiary/aromatic N) is 2. The van der Waals surface area contributed by atoms with Gasteiger partial charge in [-0.25, -0.2) is 9.97 Å². The van der Waals surface area contributed by atoms with Gasteiger partial charge >= 0.3 is 0 Å². The highest BCUT2D eigenvalue weighted by molar-refractivity contribution is 6.09. The average Bonchev–Trinajstić information content (AvgIpc) is 3.83. The number of aromatic nitrogens is 4. The van der Waals surface area contributed by atoms with Crippen molar-refractivity contribution in [3.8, 4) is 67.8 Å². The number of carbonyl (C=O) groups is 1. The lowest BCUT2D eigenvalue weighted by atomic mass is 9.98. The number of rotatable bonds is 8. The first-order chi connectivity index (χ1) is 23.7.